The summed E-state index contributed by atoms with van der Waals surface area (Å²) >= 11 is 0. The molecule has 5 N–H and O–H groups in total. The average molecular weight is 718 g/mol. The van der Waals surface area contributed by atoms with Crippen molar-refractivity contribution in [2.75, 3.05) is 77.1 Å². The number of hydrogen-bond donors (Lipinski definition) is 3. The Hall–Kier alpha value is -4.27. The van der Waals surface area contributed by atoms with Crippen LogP contribution < -0.4 is 21.1 Å². The van der Waals surface area contributed by atoms with Crippen molar-refractivity contribution in [3.8, 4) is 5.88 Å². The van der Waals surface area contributed by atoms with Crippen LogP contribution in [0.4, 0.5) is 11.5 Å². The first kappa shape index (κ1) is 40.5. The molecule has 5 aliphatic rings. The Balaban J connectivity index is 0.000000254. The fourth-order valence-corrected chi connectivity index (χ4v) is 7.62. The Bertz CT molecular complexity index is 1570. The number of carbonyl (C=O) groups is 2. The molecule has 0 aromatic carbocycles. The van der Waals surface area contributed by atoms with Crippen molar-refractivity contribution < 1.29 is 14.3 Å². The van der Waals surface area contributed by atoms with Gasteiger partial charge in [0.15, 0.2) is 0 Å². The van der Waals surface area contributed by atoms with E-state index in [2.05, 4.69) is 36.8 Å². The minimum absolute atomic E-state index is 0.00439. The zero-order valence-electron chi connectivity index (χ0n) is 32.1. The number of rotatable bonds is 12. The van der Waals surface area contributed by atoms with Crippen LogP contribution >= 0.6 is 0 Å². The molecule has 14 heteroatoms. The molecule has 2 aromatic rings. The van der Waals surface area contributed by atoms with Crippen molar-refractivity contribution in [3.63, 3.8) is 0 Å². The van der Waals surface area contributed by atoms with Crippen molar-refractivity contribution >= 4 is 41.6 Å². The lowest BCUT2D eigenvalue weighted by atomic mass is 9.38. The number of pyridine rings is 2. The van der Waals surface area contributed by atoms with Gasteiger partial charge in [-0.05, 0) is 78.2 Å². The second-order valence-corrected chi connectivity index (χ2v) is 14.2. The van der Waals surface area contributed by atoms with E-state index in [4.69, 9.17) is 21.6 Å². The Morgan fingerprint density at radius 1 is 1.13 bits per heavy atom. The van der Waals surface area contributed by atoms with Crippen LogP contribution in [0.2, 0.25) is 0 Å². The quantitative estimate of drug-likeness (QED) is 0.167. The SMILES string of the molecule is CC.CCN(C(=O)C1CCN(CC=O)C1)c1ccc(N)c(C(=N)c2ccc(OC(C)C)nc2)n1.CN=CN=C(N)C12CC(N3CCN(C)CC3)(C1)C2. The third-order valence-corrected chi connectivity index (χ3v) is 10.4. The van der Waals surface area contributed by atoms with Crippen LogP contribution in [-0.4, -0.2) is 133 Å². The minimum atomic E-state index is -0.185. The Labute approximate surface area is 309 Å². The number of aliphatic imine (C=N–C) groups is 2. The lowest BCUT2D eigenvalue weighted by Crippen LogP contribution is -2.79. The predicted octanol–water partition coefficient (Wildman–Crippen LogP) is 3.33. The highest BCUT2D eigenvalue weighted by Gasteiger charge is 2.71. The topological polar surface area (TPSA) is 183 Å². The van der Waals surface area contributed by atoms with E-state index in [1.807, 2.05) is 39.5 Å². The van der Waals surface area contributed by atoms with Gasteiger partial charge in [-0.25, -0.2) is 15.0 Å². The maximum atomic E-state index is 13.2. The van der Waals surface area contributed by atoms with Crippen LogP contribution in [0, 0.1) is 16.7 Å². The normalized spacial score (nSPS) is 24.5. The Morgan fingerprint density at radius 3 is 2.40 bits per heavy atom. The first-order valence-electron chi connectivity index (χ1n) is 18.6. The smallest absolute Gasteiger partial charge is 0.232 e. The number of nitrogens with zero attached hydrogens (tertiary/aromatic N) is 8. The molecule has 284 valence electrons. The Morgan fingerprint density at radius 2 is 1.83 bits per heavy atom. The van der Waals surface area contributed by atoms with Gasteiger partial charge < -0.3 is 25.9 Å². The number of nitrogens with one attached hydrogen (secondary N) is 1. The summed E-state index contributed by atoms with van der Waals surface area (Å²) in [4.78, 5) is 49.5. The number of amidine groups is 1. The third-order valence-electron chi connectivity index (χ3n) is 10.4. The second-order valence-electron chi connectivity index (χ2n) is 14.2. The molecular weight excluding hydrogens is 658 g/mol. The van der Waals surface area contributed by atoms with Crippen LogP contribution in [-0.2, 0) is 9.59 Å². The average Bonchev–Trinajstić information content (AvgIpc) is 3.58. The lowest BCUT2D eigenvalue weighted by Gasteiger charge is -2.74. The molecule has 2 aromatic heterocycles. The van der Waals surface area contributed by atoms with E-state index in [0.29, 0.717) is 60.2 Å². The van der Waals surface area contributed by atoms with E-state index in [9.17, 15) is 9.59 Å². The number of nitrogens with two attached hydrogens (primary N) is 2. The van der Waals surface area contributed by atoms with Crippen LogP contribution in [0.5, 0.6) is 5.88 Å². The van der Waals surface area contributed by atoms with Gasteiger partial charge in [0.2, 0.25) is 11.8 Å². The van der Waals surface area contributed by atoms with Gasteiger partial charge in [0.1, 0.15) is 30.0 Å². The molecule has 14 nitrogen and oxygen atoms in total. The maximum Gasteiger partial charge on any atom is 0.232 e. The van der Waals surface area contributed by atoms with E-state index in [1.165, 1.54) is 45.4 Å². The zero-order valence-corrected chi connectivity index (χ0v) is 32.1. The number of aromatic nitrogens is 2. The molecule has 7 rings (SSSR count). The molecule has 4 heterocycles. The number of piperazine rings is 1. The number of hydrogen-bond acceptors (Lipinski definition) is 11. The lowest BCUT2D eigenvalue weighted by molar-refractivity contribution is -0.188. The second kappa shape index (κ2) is 18.0. The highest BCUT2D eigenvalue weighted by molar-refractivity contribution is 6.12. The van der Waals surface area contributed by atoms with Crippen molar-refractivity contribution in [1.82, 2.24) is 24.7 Å². The first-order chi connectivity index (χ1) is 24.9. The number of ether oxygens (including phenoxy) is 1. The molecule has 1 amide bonds. The molecule has 0 spiro atoms. The summed E-state index contributed by atoms with van der Waals surface area (Å²) in [5, 5.41) is 8.60. The van der Waals surface area contributed by atoms with Crippen molar-refractivity contribution in [1.29, 1.82) is 5.41 Å². The van der Waals surface area contributed by atoms with E-state index in [-0.39, 0.29) is 29.1 Å². The monoisotopic (exact) mass is 717 g/mol. The van der Waals surface area contributed by atoms with E-state index in [1.54, 1.807) is 48.7 Å². The summed E-state index contributed by atoms with van der Waals surface area (Å²) in [6.45, 7) is 16.6. The summed E-state index contributed by atoms with van der Waals surface area (Å²) in [5.74, 6) is 1.51. The van der Waals surface area contributed by atoms with Gasteiger partial charge in [0.25, 0.3) is 0 Å². The number of nitrogen functional groups attached to an aromatic ring is 1. The molecule has 1 unspecified atom stereocenters. The van der Waals surface area contributed by atoms with Gasteiger partial charge in [0, 0.05) is 75.1 Å². The molecule has 52 heavy (non-hydrogen) atoms. The molecule has 5 fully saturated rings. The summed E-state index contributed by atoms with van der Waals surface area (Å²) in [7, 11) is 3.93. The standard InChI is InChI=1S/C23H30N6O3.C13H23N5.C2H6/c1-4-29(23(31)17-9-10-28(14-17)11-12-30)19-7-6-18(24)22(27-19)21(25)16-5-8-20(26-13-16)32-15(2)3;1-15-10-16-11(14)12-7-13(8-12,9-12)18-5-3-17(2)4-6-18;1-2/h5-8,12-13,15,17,25H,4,9-11,14,24H2,1-3H3;10H,3-9H2,1-2H3,(H2,14,15,16);1-2H3. The molecule has 2 aliphatic heterocycles. The molecule has 3 saturated carbocycles. The number of likely N-dealkylation sites (tertiary alicyclic amines) is 1. The van der Waals surface area contributed by atoms with Crippen LogP contribution in [0.15, 0.2) is 40.4 Å². The first-order valence-corrected chi connectivity index (χ1v) is 18.6. The number of carbonyl (C=O) groups excluding carboxylic acids is 2. The van der Waals surface area contributed by atoms with E-state index in [0.717, 1.165) is 18.7 Å². The maximum absolute atomic E-state index is 13.2. The van der Waals surface area contributed by atoms with Gasteiger partial charge in [-0.1, -0.05) is 13.8 Å². The van der Waals surface area contributed by atoms with E-state index >= 15 is 0 Å². The van der Waals surface area contributed by atoms with Gasteiger partial charge >= 0.3 is 0 Å². The highest BCUT2D eigenvalue weighted by atomic mass is 16.5. The molecule has 2 bridgehead atoms. The molecule has 3 aliphatic carbocycles. The summed E-state index contributed by atoms with van der Waals surface area (Å²) in [5.41, 5.74) is 14.2. The Kier molecular flexibility index (Phi) is 14.0. The number of amides is 1. The van der Waals surface area contributed by atoms with Crippen molar-refractivity contribution in [3.05, 3.63) is 41.7 Å². The number of anilines is 2. The van der Waals surface area contributed by atoms with Crippen LogP contribution in [0.1, 0.15) is 71.6 Å². The fourth-order valence-electron chi connectivity index (χ4n) is 7.62. The zero-order chi connectivity index (χ0) is 38.1. The van der Waals surface area contributed by atoms with Crippen molar-refractivity contribution in [2.45, 2.75) is 71.9 Å². The summed E-state index contributed by atoms with van der Waals surface area (Å²) < 4.78 is 5.55. The summed E-state index contributed by atoms with van der Waals surface area (Å²) in [6.07, 6.45) is 8.31. The number of likely N-dealkylation sites (N-methyl/N-ethyl adjacent to an activating group) is 1. The van der Waals surface area contributed by atoms with Crippen LogP contribution in [0.3, 0.4) is 0 Å². The van der Waals surface area contributed by atoms with Gasteiger partial charge in [-0.3, -0.25) is 29.9 Å². The van der Waals surface area contributed by atoms with Crippen molar-refractivity contribution in [2.24, 2.45) is 27.1 Å². The van der Waals surface area contributed by atoms with Gasteiger partial charge in [-0.2, -0.15) is 0 Å². The molecular formula is C38H59N11O3. The molecule has 0 radical (unpaired) electrons. The number of aldehydes is 1. The van der Waals surface area contributed by atoms with Gasteiger partial charge in [-0.15, -0.1) is 0 Å². The predicted molar refractivity (Wildman–Crippen MR) is 209 cm³/mol. The molecule has 2 saturated heterocycles. The third kappa shape index (κ3) is 9.02. The van der Waals surface area contributed by atoms with Crippen LogP contribution in [0.25, 0.3) is 0 Å². The van der Waals surface area contributed by atoms with E-state index < -0.39 is 0 Å². The molecule has 1 atom stereocenters. The largest absolute Gasteiger partial charge is 0.475 e. The van der Waals surface area contributed by atoms with Gasteiger partial charge in [0.05, 0.1) is 30.0 Å². The minimum Gasteiger partial charge on any atom is -0.475 e. The highest BCUT2D eigenvalue weighted by Crippen LogP contribution is 2.69. The fraction of sp³-hybridized carbons (Fsp3) is 0.605. The summed E-state index contributed by atoms with van der Waals surface area (Å²) in [6, 6.07) is 6.81.